The molecule has 1 aliphatic rings. The lowest BCUT2D eigenvalue weighted by molar-refractivity contribution is -0.118. The van der Waals surface area contributed by atoms with Crippen LogP contribution in [0, 0.1) is 11.3 Å². The van der Waals surface area contributed by atoms with Crippen molar-refractivity contribution >= 4 is 34.8 Å². The average molecular weight is 463 g/mol. The molecule has 0 bridgehead atoms. The van der Waals surface area contributed by atoms with Gasteiger partial charge in [-0.3, -0.25) is 9.59 Å². The summed E-state index contributed by atoms with van der Waals surface area (Å²) < 4.78 is 0. The van der Waals surface area contributed by atoms with E-state index in [9.17, 15) is 14.7 Å². The van der Waals surface area contributed by atoms with Gasteiger partial charge >= 0.3 is 0 Å². The van der Waals surface area contributed by atoms with E-state index in [2.05, 4.69) is 24.5 Å². The zero-order valence-electron chi connectivity index (χ0n) is 18.6. The molecule has 170 valence electrons. The standard InChI is InChI=1S/C27H27ClN2O3/c1-27(2)16-23(27)26(33)30-22-13-7-19(8-14-22)25(32)18-5-11-21(12-6-18)29-24(31)15-17-3-9-20(28)10-4-17/h3-14,23,25,32H,15-16H2,1-2H3,(H,29,31)(H,30,33). The number of nitrogens with one attached hydrogen (secondary N) is 2. The Bertz CT molecular complexity index is 1140. The van der Waals surface area contributed by atoms with Crippen molar-refractivity contribution in [1.82, 2.24) is 0 Å². The summed E-state index contributed by atoms with van der Waals surface area (Å²) in [5.74, 6) is -0.0206. The van der Waals surface area contributed by atoms with Gasteiger partial charge < -0.3 is 15.7 Å². The SMILES string of the molecule is CC1(C)CC1C(=O)Nc1ccc(C(O)c2ccc(NC(=O)Cc3ccc(Cl)cc3)cc2)cc1. The highest BCUT2D eigenvalue weighted by molar-refractivity contribution is 6.30. The Kier molecular flexibility index (Phi) is 6.54. The van der Waals surface area contributed by atoms with E-state index in [1.54, 1.807) is 60.7 Å². The second kappa shape index (κ2) is 9.38. The Morgan fingerprint density at radius 2 is 1.39 bits per heavy atom. The van der Waals surface area contributed by atoms with Crippen molar-refractivity contribution in [3.8, 4) is 0 Å². The molecule has 2 unspecified atom stereocenters. The van der Waals surface area contributed by atoms with Crippen molar-refractivity contribution in [3.05, 3.63) is 94.5 Å². The Labute approximate surface area is 198 Å². The molecule has 33 heavy (non-hydrogen) atoms. The number of benzene rings is 3. The lowest BCUT2D eigenvalue weighted by Crippen LogP contribution is -2.16. The summed E-state index contributed by atoms with van der Waals surface area (Å²) in [6, 6.07) is 21.5. The fourth-order valence-electron chi connectivity index (χ4n) is 3.83. The van der Waals surface area contributed by atoms with Crippen molar-refractivity contribution in [2.45, 2.75) is 32.8 Å². The molecule has 0 aliphatic heterocycles. The molecule has 0 radical (unpaired) electrons. The summed E-state index contributed by atoms with van der Waals surface area (Å²) in [6.45, 7) is 4.18. The molecule has 3 N–H and O–H groups in total. The number of hydrogen-bond donors (Lipinski definition) is 3. The third-order valence-corrected chi connectivity index (χ3v) is 6.36. The number of carbonyl (C=O) groups excluding carboxylic acids is 2. The van der Waals surface area contributed by atoms with E-state index in [-0.39, 0.29) is 29.6 Å². The topological polar surface area (TPSA) is 78.4 Å². The fourth-order valence-corrected chi connectivity index (χ4v) is 3.95. The number of aliphatic hydroxyl groups is 1. The van der Waals surface area contributed by atoms with E-state index in [4.69, 9.17) is 11.6 Å². The number of aliphatic hydroxyl groups excluding tert-OH is 1. The summed E-state index contributed by atoms with van der Waals surface area (Å²) in [4.78, 5) is 24.5. The van der Waals surface area contributed by atoms with Crippen LogP contribution in [0.25, 0.3) is 0 Å². The third kappa shape index (κ3) is 5.81. The maximum atomic E-state index is 12.3. The van der Waals surface area contributed by atoms with Gasteiger partial charge in [0, 0.05) is 22.3 Å². The smallest absolute Gasteiger partial charge is 0.228 e. The van der Waals surface area contributed by atoms with E-state index >= 15 is 0 Å². The molecule has 1 saturated carbocycles. The number of halogens is 1. The highest BCUT2D eigenvalue weighted by Crippen LogP contribution is 2.52. The van der Waals surface area contributed by atoms with Crippen LogP contribution in [0.2, 0.25) is 5.02 Å². The molecule has 0 aromatic heterocycles. The molecule has 0 heterocycles. The van der Waals surface area contributed by atoms with Crippen LogP contribution in [-0.4, -0.2) is 16.9 Å². The highest BCUT2D eigenvalue weighted by atomic mass is 35.5. The molecule has 6 heteroatoms. The summed E-state index contributed by atoms with van der Waals surface area (Å²) >= 11 is 5.88. The first-order valence-corrected chi connectivity index (χ1v) is 11.3. The summed E-state index contributed by atoms with van der Waals surface area (Å²) in [6.07, 6.45) is 0.353. The number of rotatable bonds is 7. The van der Waals surface area contributed by atoms with Gasteiger partial charge in [-0.05, 0) is 64.9 Å². The summed E-state index contributed by atoms with van der Waals surface area (Å²) in [5, 5.41) is 17.2. The molecular weight excluding hydrogens is 436 g/mol. The first kappa shape index (κ1) is 23.0. The van der Waals surface area contributed by atoms with Gasteiger partial charge in [-0.2, -0.15) is 0 Å². The largest absolute Gasteiger partial charge is 0.384 e. The van der Waals surface area contributed by atoms with Gasteiger partial charge in [-0.1, -0.05) is 61.8 Å². The van der Waals surface area contributed by atoms with E-state index in [1.165, 1.54) is 0 Å². The van der Waals surface area contributed by atoms with Gasteiger partial charge in [0.15, 0.2) is 0 Å². The third-order valence-electron chi connectivity index (χ3n) is 6.11. The fraction of sp³-hybridized carbons (Fsp3) is 0.259. The van der Waals surface area contributed by atoms with Crippen molar-refractivity contribution in [3.63, 3.8) is 0 Å². The predicted octanol–water partition coefficient (Wildman–Crippen LogP) is 5.59. The molecule has 3 aromatic rings. The van der Waals surface area contributed by atoms with Crippen LogP contribution < -0.4 is 10.6 Å². The molecule has 1 aliphatic carbocycles. The molecule has 2 amide bonds. The zero-order chi connectivity index (χ0) is 23.6. The van der Waals surface area contributed by atoms with Gasteiger partial charge in [-0.25, -0.2) is 0 Å². The maximum absolute atomic E-state index is 12.3. The first-order chi connectivity index (χ1) is 15.7. The van der Waals surface area contributed by atoms with Gasteiger partial charge in [-0.15, -0.1) is 0 Å². The minimum atomic E-state index is -0.809. The van der Waals surface area contributed by atoms with Gasteiger partial charge in [0.2, 0.25) is 11.8 Å². The summed E-state index contributed by atoms with van der Waals surface area (Å²) in [5.41, 5.74) is 3.77. The van der Waals surface area contributed by atoms with Crippen LogP contribution in [-0.2, 0) is 16.0 Å². The van der Waals surface area contributed by atoms with Crippen LogP contribution in [0.5, 0.6) is 0 Å². The van der Waals surface area contributed by atoms with Crippen LogP contribution in [0.3, 0.4) is 0 Å². The quantitative estimate of drug-likeness (QED) is 0.428. The number of amides is 2. The Morgan fingerprint density at radius 1 is 0.909 bits per heavy atom. The van der Waals surface area contributed by atoms with Crippen molar-refractivity contribution in [2.75, 3.05) is 10.6 Å². The minimum absolute atomic E-state index is 0.0435. The van der Waals surface area contributed by atoms with Crippen LogP contribution in [0.1, 0.15) is 43.1 Å². The monoisotopic (exact) mass is 462 g/mol. The van der Waals surface area contributed by atoms with Crippen LogP contribution in [0.4, 0.5) is 11.4 Å². The molecule has 1 fully saturated rings. The lowest BCUT2D eigenvalue weighted by Gasteiger charge is -2.14. The Balaban J connectivity index is 1.33. The van der Waals surface area contributed by atoms with Gasteiger partial charge in [0.25, 0.3) is 0 Å². The van der Waals surface area contributed by atoms with E-state index in [0.717, 1.165) is 23.2 Å². The van der Waals surface area contributed by atoms with Gasteiger partial charge in [0.05, 0.1) is 6.42 Å². The Hall–Kier alpha value is -3.15. The average Bonchev–Trinajstić information content (AvgIpc) is 3.44. The summed E-state index contributed by atoms with van der Waals surface area (Å²) in [7, 11) is 0. The van der Waals surface area contributed by atoms with Crippen molar-refractivity contribution < 1.29 is 14.7 Å². The van der Waals surface area contributed by atoms with Gasteiger partial charge in [0.1, 0.15) is 6.10 Å². The normalized spacial score (nSPS) is 17.2. The Morgan fingerprint density at radius 3 is 1.88 bits per heavy atom. The first-order valence-electron chi connectivity index (χ1n) is 10.9. The van der Waals surface area contributed by atoms with Crippen LogP contribution in [0.15, 0.2) is 72.8 Å². The maximum Gasteiger partial charge on any atom is 0.228 e. The molecule has 2 atom stereocenters. The van der Waals surface area contributed by atoms with Crippen LogP contribution >= 0.6 is 11.6 Å². The predicted molar refractivity (Wildman–Crippen MR) is 131 cm³/mol. The van der Waals surface area contributed by atoms with E-state index in [0.29, 0.717) is 16.3 Å². The molecule has 4 rings (SSSR count). The number of hydrogen-bond acceptors (Lipinski definition) is 3. The van der Waals surface area contributed by atoms with E-state index in [1.807, 2.05) is 12.1 Å². The van der Waals surface area contributed by atoms with Crippen molar-refractivity contribution in [2.24, 2.45) is 11.3 Å². The second-order valence-electron chi connectivity index (χ2n) is 9.23. The second-order valence-corrected chi connectivity index (χ2v) is 9.67. The number of carbonyl (C=O) groups is 2. The zero-order valence-corrected chi connectivity index (χ0v) is 19.4. The minimum Gasteiger partial charge on any atom is -0.384 e. The lowest BCUT2D eigenvalue weighted by atomic mass is 10.0. The molecular formula is C27H27ClN2O3. The van der Waals surface area contributed by atoms with Crippen molar-refractivity contribution in [1.29, 1.82) is 0 Å². The highest BCUT2D eigenvalue weighted by Gasteiger charge is 2.50. The molecule has 0 saturated heterocycles. The van der Waals surface area contributed by atoms with E-state index < -0.39 is 6.10 Å². The molecule has 3 aromatic carbocycles. The number of anilines is 2. The molecule has 0 spiro atoms. The molecule has 5 nitrogen and oxygen atoms in total.